The number of carbonyl (C=O) groups excluding carboxylic acids is 3. The Hall–Kier alpha value is -1.75. The number of piperazine rings is 1. The molecule has 1 aliphatic carbocycles. The topological polar surface area (TPSA) is 82.2 Å². The highest BCUT2D eigenvalue weighted by atomic mass is 32.1. The lowest BCUT2D eigenvalue weighted by Crippen LogP contribution is -2.53. The molecule has 3 aliphatic heterocycles. The first-order valence-corrected chi connectivity index (χ1v) is 13.5. The van der Waals surface area contributed by atoms with Gasteiger partial charge >= 0.3 is 0 Å². The molecule has 3 atom stereocenters. The lowest BCUT2D eigenvalue weighted by Gasteiger charge is -2.43. The molecule has 0 unspecified atom stereocenters. The number of benzene rings is 1. The summed E-state index contributed by atoms with van der Waals surface area (Å²) < 4.78 is 5.55. The van der Waals surface area contributed by atoms with Crippen LogP contribution in [0.2, 0.25) is 0 Å². The molecule has 1 saturated carbocycles. The van der Waals surface area contributed by atoms with Crippen LogP contribution in [0.15, 0.2) is 24.3 Å². The van der Waals surface area contributed by atoms with Crippen LogP contribution >= 0.6 is 27.0 Å². The van der Waals surface area contributed by atoms with Crippen molar-refractivity contribution >= 4 is 50.3 Å². The number of amides is 2. The summed E-state index contributed by atoms with van der Waals surface area (Å²) in [6.07, 6.45) is 4.98. The number of nitrogens with one attached hydrogen (secondary N) is 1. The summed E-state index contributed by atoms with van der Waals surface area (Å²) >= 11 is 0. The van der Waals surface area contributed by atoms with Gasteiger partial charge in [-0.05, 0) is 55.4 Å². The molecule has 4 fully saturated rings. The molecular weight excluding hydrogens is 532 g/mol. The smallest absolute Gasteiger partial charge is 0.251 e. The molecule has 0 aromatic heterocycles. The maximum absolute atomic E-state index is 13.5. The molecule has 3 heterocycles. The van der Waals surface area contributed by atoms with Gasteiger partial charge in [0.1, 0.15) is 18.7 Å². The second-order valence-corrected chi connectivity index (χ2v) is 12.0. The van der Waals surface area contributed by atoms with E-state index in [-0.39, 0.29) is 70.1 Å². The zero-order chi connectivity index (χ0) is 25.4. The monoisotopic (exact) mass is 580 g/mol. The Balaban J connectivity index is 0.00000178. The minimum absolute atomic E-state index is 0. The molecule has 0 radical (unpaired) electrons. The Bertz CT molecular complexity index is 988. The van der Waals surface area contributed by atoms with Crippen molar-refractivity contribution in [3.63, 3.8) is 0 Å². The van der Waals surface area contributed by atoms with Crippen molar-refractivity contribution in [1.29, 1.82) is 0 Å². The Morgan fingerprint density at radius 3 is 2.21 bits per heavy atom. The molecule has 220 valence electrons. The third kappa shape index (κ3) is 7.51. The maximum Gasteiger partial charge on any atom is 0.251 e. The van der Waals surface area contributed by atoms with Crippen molar-refractivity contribution in [2.75, 3.05) is 44.2 Å². The molecule has 8 nitrogen and oxygen atoms in total. The normalized spacial score (nSPS) is 24.0. The minimum atomic E-state index is -0.691. The molecule has 2 amide bonds. The zero-order valence-corrected chi connectivity index (χ0v) is 24.9. The molecular formula is C29H48N4O4S2. The van der Waals surface area contributed by atoms with Crippen LogP contribution in [0.4, 0.5) is 5.69 Å². The van der Waals surface area contributed by atoms with E-state index in [1.165, 1.54) is 19.3 Å². The predicted molar refractivity (Wildman–Crippen MR) is 166 cm³/mol. The van der Waals surface area contributed by atoms with E-state index in [0.29, 0.717) is 24.9 Å². The van der Waals surface area contributed by atoms with Gasteiger partial charge in [-0.1, -0.05) is 34.6 Å². The van der Waals surface area contributed by atoms with Crippen molar-refractivity contribution in [2.24, 2.45) is 5.41 Å². The zero-order valence-electron chi connectivity index (χ0n) is 22.9. The Labute approximate surface area is 248 Å². The lowest BCUT2D eigenvalue weighted by molar-refractivity contribution is -0.138. The molecule has 0 spiro atoms. The molecule has 1 aromatic rings. The molecule has 4 aliphatic rings. The largest absolute Gasteiger partial charge is 0.369 e. The van der Waals surface area contributed by atoms with Gasteiger partial charge in [0.25, 0.3) is 5.91 Å². The number of Topliss-reactive ketones (excluding diaryl/α,β-unsaturated/α-hetero) is 1. The SMILES string of the molecule is C.CC(C)(C)C[C@H](NC(=O)c1ccc(N2CCN(C3CCC3)CC2)cc1)C(=O)N1CC[C@H]2OCC(=O)[C@H]21.S.S. The molecule has 3 saturated heterocycles. The van der Waals surface area contributed by atoms with Gasteiger partial charge in [0, 0.05) is 50.0 Å². The van der Waals surface area contributed by atoms with E-state index in [9.17, 15) is 14.4 Å². The quantitative estimate of drug-likeness (QED) is 0.556. The fraction of sp³-hybridized carbons (Fsp3) is 0.690. The minimum Gasteiger partial charge on any atom is -0.369 e. The van der Waals surface area contributed by atoms with Gasteiger partial charge in [-0.2, -0.15) is 27.0 Å². The van der Waals surface area contributed by atoms with E-state index in [1.807, 2.05) is 24.3 Å². The average Bonchev–Trinajstić information content (AvgIpc) is 3.40. The van der Waals surface area contributed by atoms with E-state index >= 15 is 0 Å². The van der Waals surface area contributed by atoms with Crippen molar-refractivity contribution in [3.05, 3.63) is 29.8 Å². The Morgan fingerprint density at radius 1 is 1.00 bits per heavy atom. The second kappa shape index (κ2) is 13.7. The van der Waals surface area contributed by atoms with Crippen molar-refractivity contribution in [2.45, 2.75) is 84.5 Å². The van der Waals surface area contributed by atoms with Crippen LogP contribution in [0.1, 0.15) is 70.7 Å². The number of carbonyl (C=O) groups is 3. The Morgan fingerprint density at radius 2 is 1.64 bits per heavy atom. The van der Waals surface area contributed by atoms with Crippen LogP contribution in [-0.4, -0.2) is 91.0 Å². The van der Waals surface area contributed by atoms with Gasteiger partial charge in [-0.3, -0.25) is 19.3 Å². The third-order valence-corrected chi connectivity index (χ3v) is 8.22. The summed E-state index contributed by atoms with van der Waals surface area (Å²) in [5, 5.41) is 2.99. The first kappa shape index (κ1) is 33.5. The summed E-state index contributed by atoms with van der Waals surface area (Å²) in [7, 11) is 0. The third-order valence-electron chi connectivity index (χ3n) is 8.22. The second-order valence-electron chi connectivity index (χ2n) is 12.0. The van der Waals surface area contributed by atoms with Crippen LogP contribution < -0.4 is 10.2 Å². The molecule has 10 heteroatoms. The number of anilines is 1. The molecule has 1 aromatic carbocycles. The van der Waals surface area contributed by atoms with E-state index in [2.05, 4.69) is 35.9 Å². The van der Waals surface area contributed by atoms with Crippen LogP contribution in [0.25, 0.3) is 0 Å². The summed E-state index contributed by atoms with van der Waals surface area (Å²) in [4.78, 5) is 45.7. The number of hydrogen-bond donors (Lipinski definition) is 1. The first-order valence-electron chi connectivity index (χ1n) is 13.5. The van der Waals surface area contributed by atoms with Crippen molar-refractivity contribution in [1.82, 2.24) is 15.1 Å². The lowest BCUT2D eigenvalue weighted by atomic mass is 9.87. The number of hydrogen-bond acceptors (Lipinski definition) is 6. The van der Waals surface area contributed by atoms with Crippen molar-refractivity contribution < 1.29 is 19.1 Å². The number of nitrogens with zero attached hydrogens (tertiary/aromatic N) is 3. The average molecular weight is 581 g/mol. The number of likely N-dealkylation sites (tertiary alicyclic amines) is 1. The van der Waals surface area contributed by atoms with Crippen LogP contribution in [-0.2, 0) is 14.3 Å². The highest BCUT2D eigenvalue weighted by molar-refractivity contribution is 7.59. The fourth-order valence-corrected chi connectivity index (χ4v) is 6.02. The highest BCUT2D eigenvalue weighted by Gasteiger charge is 2.48. The van der Waals surface area contributed by atoms with Crippen LogP contribution in [0.5, 0.6) is 0 Å². The van der Waals surface area contributed by atoms with Gasteiger partial charge in [-0.15, -0.1) is 0 Å². The molecule has 1 N–H and O–H groups in total. The van der Waals surface area contributed by atoms with Gasteiger partial charge < -0.3 is 19.9 Å². The number of fused-ring (bicyclic) bond motifs is 1. The molecule has 5 rings (SSSR count). The number of ketones is 1. The summed E-state index contributed by atoms with van der Waals surface area (Å²) in [6.45, 7) is 10.9. The van der Waals surface area contributed by atoms with Crippen molar-refractivity contribution in [3.8, 4) is 0 Å². The summed E-state index contributed by atoms with van der Waals surface area (Å²) in [5.74, 6) is -0.495. The van der Waals surface area contributed by atoms with Gasteiger partial charge in [-0.25, -0.2) is 0 Å². The molecule has 0 bridgehead atoms. The van der Waals surface area contributed by atoms with E-state index in [1.54, 1.807) is 4.90 Å². The van der Waals surface area contributed by atoms with E-state index in [0.717, 1.165) is 37.9 Å². The highest BCUT2D eigenvalue weighted by Crippen LogP contribution is 2.30. The summed E-state index contributed by atoms with van der Waals surface area (Å²) in [6, 6.07) is 7.30. The summed E-state index contributed by atoms with van der Waals surface area (Å²) in [5.41, 5.74) is 1.50. The van der Waals surface area contributed by atoms with E-state index < -0.39 is 12.1 Å². The first-order chi connectivity index (χ1) is 17.2. The van der Waals surface area contributed by atoms with Crippen LogP contribution in [0, 0.1) is 5.41 Å². The molecule has 39 heavy (non-hydrogen) atoms. The Kier molecular flexibility index (Phi) is 11.8. The maximum atomic E-state index is 13.5. The van der Waals surface area contributed by atoms with Gasteiger partial charge in [0.15, 0.2) is 5.78 Å². The fourth-order valence-electron chi connectivity index (χ4n) is 6.02. The van der Waals surface area contributed by atoms with Crippen LogP contribution in [0.3, 0.4) is 0 Å². The predicted octanol–water partition coefficient (Wildman–Crippen LogP) is 3.33. The number of ether oxygens (including phenoxy) is 1. The van der Waals surface area contributed by atoms with Gasteiger partial charge in [0.05, 0.1) is 6.10 Å². The number of rotatable bonds is 6. The van der Waals surface area contributed by atoms with Gasteiger partial charge in [0.2, 0.25) is 5.91 Å². The van der Waals surface area contributed by atoms with E-state index in [4.69, 9.17) is 4.74 Å². The standard InChI is InChI=1S/C28H40N4O4.CH4.2H2S/c1-28(2,3)17-22(27(35)32-12-11-24-25(32)23(33)18-36-24)29-26(34)19-7-9-21(10-8-19)31-15-13-30(14-16-31)20-5-4-6-20;;;/h7-10,20,22,24-25H,4-6,11-18H2,1-3H3,(H,29,34);1H4;2*1H2/t22-,24+,25+;;;/m0.../s1.